The van der Waals surface area contributed by atoms with Crippen LogP contribution in [0.3, 0.4) is 0 Å². The molecule has 0 aliphatic rings. The Morgan fingerprint density at radius 1 is 1.64 bits per heavy atom. The Kier molecular flexibility index (Phi) is 10.8. The maximum absolute atomic E-state index is 10.1. The van der Waals surface area contributed by atoms with Gasteiger partial charge in [-0.15, -0.1) is 0 Å². The molecule has 3 nitrogen and oxygen atoms in total. The molecule has 0 amide bonds. The van der Waals surface area contributed by atoms with Gasteiger partial charge in [0.25, 0.3) is 0 Å². The maximum atomic E-state index is 10.1. The molecule has 4 heteroatoms. The first kappa shape index (κ1) is 14.0. The zero-order valence-corrected chi connectivity index (χ0v) is 9.42. The van der Waals surface area contributed by atoms with Gasteiger partial charge in [0.15, 0.2) is 0 Å². The molecule has 0 aliphatic heterocycles. The van der Waals surface area contributed by atoms with Crippen LogP contribution in [0.4, 0.5) is 0 Å². The van der Waals surface area contributed by atoms with Crippen LogP contribution >= 0.6 is 0 Å². The van der Waals surface area contributed by atoms with Gasteiger partial charge in [0.05, 0.1) is 12.1 Å². The number of unbranched alkanes of at least 4 members (excludes halogenated alkanes) is 1. The van der Waals surface area contributed by atoms with Gasteiger partial charge >= 0.3 is 29.6 Å². The molecular formula is C7H13NaO3. The van der Waals surface area contributed by atoms with Gasteiger partial charge in [-0.3, -0.25) is 0 Å². The largest absolute Gasteiger partial charge is 1.00 e. The van der Waals surface area contributed by atoms with Crippen molar-refractivity contribution in [3.63, 3.8) is 0 Å². The molecule has 0 radical (unpaired) electrons. The molecule has 0 spiro atoms. The van der Waals surface area contributed by atoms with Crippen LogP contribution in [0.25, 0.3) is 0 Å². The third kappa shape index (κ3) is 8.34. The molecule has 0 aliphatic carbocycles. The van der Waals surface area contributed by atoms with Crippen molar-refractivity contribution in [1.29, 1.82) is 0 Å². The fourth-order valence-corrected chi connectivity index (χ4v) is 0.472. The summed E-state index contributed by atoms with van der Waals surface area (Å²) in [6, 6.07) is 0. The molecule has 0 bridgehead atoms. The Balaban J connectivity index is 0. The second-order valence-electron chi connectivity index (χ2n) is 2.19. The van der Waals surface area contributed by atoms with Crippen LogP contribution in [0.1, 0.15) is 26.7 Å². The van der Waals surface area contributed by atoms with Crippen molar-refractivity contribution >= 4 is 5.97 Å². The minimum absolute atomic E-state index is 0. The fourth-order valence-electron chi connectivity index (χ4n) is 0.472. The number of carbonyl (C=O) groups excluding carboxylic acids is 1. The maximum Gasteiger partial charge on any atom is 1.00 e. The summed E-state index contributed by atoms with van der Waals surface area (Å²) >= 11 is 0. The summed E-state index contributed by atoms with van der Waals surface area (Å²) in [7, 11) is 0. The number of hydrogen-bond acceptors (Lipinski definition) is 3. The van der Waals surface area contributed by atoms with Crippen LogP contribution in [-0.4, -0.2) is 18.7 Å². The molecule has 0 saturated heterocycles. The number of ether oxygens (including phenoxy) is 1. The quantitative estimate of drug-likeness (QED) is 0.323. The second kappa shape index (κ2) is 8.53. The third-order valence-corrected chi connectivity index (χ3v) is 1.20. The van der Waals surface area contributed by atoms with E-state index in [1.807, 2.05) is 6.92 Å². The van der Waals surface area contributed by atoms with Crippen molar-refractivity contribution in [2.75, 3.05) is 6.61 Å². The summed E-state index contributed by atoms with van der Waals surface area (Å²) in [6.07, 6.45) is 1.14. The minimum atomic E-state index is -1.14. The van der Waals surface area contributed by atoms with Crippen molar-refractivity contribution in [2.45, 2.75) is 32.8 Å². The van der Waals surface area contributed by atoms with E-state index in [1.165, 1.54) is 6.92 Å². The van der Waals surface area contributed by atoms with E-state index in [0.717, 1.165) is 12.8 Å². The molecule has 1 unspecified atom stereocenters. The first-order valence-electron chi connectivity index (χ1n) is 3.51. The van der Waals surface area contributed by atoms with E-state index in [9.17, 15) is 9.90 Å². The topological polar surface area (TPSA) is 49.4 Å². The molecule has 0 heterocycles. The molecule has 60 valence electrons. The number of hydrogen-bond donors (Lipinski definition) is 0. The third-order valence-electron chi connectivity index (χ3n) is 1.20. The Bertz CT molecular complexity index is 106. The Morgan fingerprint density at radius 3 is 2.55 bits per heavy atom. The number of aliphatic carboxylic acids is 1. The predicted molar refractivity (Wildman–Crippen MR) is 35.3 cm³/mol. The SMILES string of the molecule is CCCCOC(C)C(=O)[O-].[Na+]. The zero-order chi connectivity index (χ0) is 7.98. The van der Waals surface area contributed by atoms with Gasteiger partial charge in [0, 0.05) is 6.61 Å². The minimum Gasteiger partial charge on any atom is -0.547 e. The number of carboxylic acids is 1. The van der Waals surface area contributed by atoms with Gasteiger partial charge in [0.2, 0.25) is 0 Å². The van der Waals surface area contributed by atoms with Crippen LogP contribution in [0.15, 0.2) is 0 Å². The first-order chi connectivity index (χ1) is 4.68. The molecule has 0 rings (SSSR count). The van der Waals surface area contributed by atoms with E-state index in [2.05, 4.69) is 0 Å². The first-order valence-corrected chi connectivity index (χ1v) is 3.51. The van der Waals surface area contributed by atoms with Crippen molar-refractivity contribution < 1.29 is 44.2 Å². The van der Waals surface area contributed by atoms with E-state index >= 15 is 0 Å². The van der Waals surface area contributed by atoms with Crippen LogP contribution in [0.2, 0.25) is 0 Å². The zero-order valence-electron chi connectivity index (χ0n) is 7.42. The predicted octanol–water partition coefficient (Wildman–Crippen LogP) is -3.05. The van der Waals surface area contributed by atoms with Gasteiger partial charge in [-0.25, -0.2) is 0 Å². The Morgan fingerprint density at radius 2 is 2.18 bits per heavy atom. The van der Waals surface area contributed by atoms with Crippen LogP contribution in [-0.2, 0) is 9.53 Å². The summed E-state index contributed by atoms with van der Waals surface area (Å²) < 4.78 is 4.88. The van der Waals surface area contributed by atoms with E-state index in [1.54, 1.807) is 0 Å². The van der Waals surface area contributed by atoms with Crippen molar-refractivity contribution in [1.82, 2.24) is 0 Å². The standard InChI is InChI=1S/C7H14O3.Na/c1-3-4-5-10-6(2)7(8)9;/h6H,3-5H2,1-2H3,(H,8,9);/q;+1/p-1. The van der Waals surface area contributed by atoms with Crippen LogP contribution in [0.5, 0.6) is 0 Å². The summed E-state index contributed by atoms with van der Waals surface area (Å²) in [6.45, 7) is 4.00. The smallest absolute Gasteiger partial charge is 0.547 e. The average molecular weight is 168 g/mol. The van der Waals surface area contributed by atoms with E-state index in [-0.39, 0.29) is 29.6 Å². The molecule has 0 aromatic carbocycles. The summed E-state index contributed by atoms with van der Waals surface area (Å²) in [4.78, 5) is 10.1. The monoisotopic (exact) mass is 168 g/mol. The van der Waals surface area contributed by atoms with Gasteiger partial charge in [0.1, 0.15) is 0 Å². The van der Waals surface area contributed by atoms with Crippen molar-refractivity contribution in [3.8, 4) is 0 Å². The second-order valence-corrected chi connectivity index (χ2v) is 2.19. The van der Waals surface area contributed by atoms with E-state index in [0.29, 0.717) is 6.61 Å². The van der Waals surface area contributed by atoms with Crippen molar-refractivity contribution in [3.05, 3.63) is 0 Å². The molecule has 11 heavy (non-hydrogen) atoms. The average Bonchev–Trinajstić information content (AvgIpc) is 1.88. The van der Waals surface area contributed by atoms with Crippen LogP contribution in [0, 0.1) is 0 Å². The Labute approximate surface area is 89.4 Å². The molecule has 0 aromatic rings. The molecule has 0 fully saturated rings. The number of rotatable bonds is 5. The number of carbonyl (C=O) groups is 1. The van der Waals surface area contributed by atoms with Gasteiger partial charge < -0.3 is 14.6 Å². The summed E-state index contributed by atoms with van der Waals surface area (Å²) in [5.41, 5.74) is 0. The molecule has 0 N–H and O–H groups in total. The number of carboxylic acid groups (broad SMARTS) is 1. The van der Waals surface area contributed by atoms with Crippen LogP contribution < -0.4 is 34.7 Å². The van der Waals surface area contributed by atoms with E-state index < -0.39 is 12.1 Å². The van der Waals surface area contributed by atoms with Gasteiger partial charge in [-0.05, 0) is 13.3 Å². The molecule has 1 atom stereocenters. The van der Waals surface area contributed by atoms with Gasteiger partial charge in [-0.2, -0.15) is 0 Å². The van der Waals surface area contributed by atoms with E-state index in [4.69, 9.17) is 4.74 Å². The van der Waals surface area contributed by atoms with Gasteiger partial charge in [-0.1, -0.05) is 13.3 Å². The normalized spacial score (nSPS) is 11.8. The van der Waals surface area contributed by atoms with Crippen molar-refractivity contribution in [2.24, 2.45) is 0 Å². The molecule has 0 saturated carbocycles. The molecule has 0 aromatic heterocycles. The summed E-state index contributed by atoms with van der Waals surface area (Å²) in [5.74, 6) is -1.14. The molecular weight excluding hydrogens is 155 g/mol. The fraction of sp³-hybridized carbons (Fsp3) is 0.857. The summed E-state index contributed by atoms with van der Waals surface area (Å²) in [5, 5.41) is 10.1. The Hall–Kier alpha value is 0.430.